The minimum atomic E-state index is -0.144. The van der Waals surface area contributed by atoms with Crippen molar-refractivity contribution in [3.63, 3.8) is 0 Å². The van der Waals surface area contributed by atoms with E-state index in [1.165, 1.54) is 11.3 Å². The zero-order valence-electron chi connectivity index (χ0n) is 8.04. The number of nitrogens with zero attached hydrogens (tertiary/aromatic N) is 2. The van der Waals surface area contributed by atoms with Gasteiger partial charge in [0.25, 0.3) is 0 Å². The molecule has 2 aromatic rings. The number of thiazole rings is 1. The molecule has 15 heavy (non-hydrogen) atoms. The zero-order valence-corrected chi connectivity index (χ0v) is 8.85. The van der Waals surface area contributed by atoms with Gasteiger partial charge in [-0.2, -0.15) is 0 Å². The van der Waals surface area contributed by atoms with Crippen LogP contribution in [0, 0.1) is 0 Å². The molecule has 0 aliphatic heterocycles. The van der Waals surface area contributed by atoms with Crippen molar-refractivity contribution in [2.45, 2.75) is 12.3 Å². The van der Waals surface area contributed by atoms with E-state index in [1.54, 1.807) is 18.6 Å². The molecule has 0 aliphatic rings. The summed E-state index contributed by atoms with van der Waals surface area (Å²) in [6.45, 7) is 0. The summed E-state index contributed by atoms with van der Waals surface area (Å²) in [5, 5.41) is 2.75. The van der Waals surface area contributed by atoms with Gasteiger partial charge in [-0.05, 0) is 18.1 Å². The molecule has 0 spiro atoms. The molecule has 0 aliphatic carbocycles. The highest BCUT2D eigenvalue weighted by Crippen LogP contribution is 2.20. The lowest BCUT2D eigenvalue weighted by Gasteiger charge is -2.05. The van der Waals surface area contributed by atoms with Gasteiger partial charge in [0.05, 0.1) is 5.92 Å². The quantitative estimate of drug-likeness (QED) is 0.738. The maximum atomic E-state index is 11.0. The molecular weight excluding hydrogens is 208 g/mol. The van der Waals surface area contributed by atoms with Crippen molar-refractivity contribution in [1.82, 2.24) is 9.97 Å². The molecule has 2 aromatic heterocycles. The van der Waals surface area contributed by atoms with E-state index in [1.807, 2.05) is 17.5 Å². The summed E-state index contributed by atoms with van der Waals surface area (Å²) in [7, 11) is 0. The van der Waals surface area contributed by atoms with Crippen LogP contribution in [0.25, 0.3) is 0 Å². The van der Waals surface area contributed by atoms with Crippen molar-refractivity contribution in [1.29, 1.82) is 0 Å². The van der Waals surface area contributed by atoms with Gasteiger partial charge in [0.2, 0.25) is 0 Å². The first kappa shape index (κ1) is 9.98. The number of rotatable bonds is 4. The summed E-state index contributed by atoms with van der Waals surface area (Å²) < 4.78 is 0. The highest BCUT2D eigenvalue weighted by Gasteiger charge is 2.13. The van der Waals surface area contributed by atoms with Crippen LogP contribution in [0.3, 0.4) is 0 Å². The molecule has 76 valence electrons. The summed E-state index contributed by atoms with van der Waals surface area (Å²) in [5.74, 6) is -0.144. The van der Waals surface area contributed by atoms with Gasteiger partial charge < -0.3 is 4.79 Å². The second-order valence-corrected chi connectivity index (χ2v) is 4.10. The van der Waals surface area contributed by atoms with Gasteiger partial charge in [0, 0.05) is 24.0 Å². The third kappa shape index (κ3) is 2.47. The lowest BCUT2D eigenvalue weighted by atomic mass is 10.0. The van der Waals surface area contributed by atoms with E-state index in [0.717, 1.165) is 16.9 Å². The van der Waals surface area contributed by atoms with Crippen molar-refractivity contribution in [3.05, 3.63) is 46.7 Å². The van der Waals surface area contributed by atoms with E-state index in [2.05, 4.69) is 9.97 Å². The number of pyridine rings is 1. The van der Waals surface area contributed by atoms with E-state index < -0.39 is 0 Å². The maximum absolute atomic E-state index is 11.0. The van der Waals surface area contributed by atoms with Crippen molar-refractivity contribution < 1.29 is 4.79 Å². The monoisotopic (exact) mass is 218 g/mol. The van der Waals surface area contributed by atoms with Gasteiger partial charge in [0.1, 0.15) is 11.3 Å². The fraction of sp³-hybridized carbons (Fsp3) is 0.182. The van der Waals surface area contributed by atoms with Gasteiger partial charge >= 0.3 is 0 Å². The van der Waals surface area contributed by atoms with E-state index in [-0.39, 0.29) is 5.92 Å². The summed E-state index contributed by atoms with van der Waals surface area (Å²) in [6, 6.07) is 3.84. The van der Waals surface area contributed by atoms with E-state index in [4.69, 9.17) is 0 Å². The van der Waals surface area contributed by atoms with Crippen LogP contribution >= 0.6 is 11.3 Å². The summed E-state index contributed by atoms with van der Waals surface area (Å²) in [6.07, 6.45) is 6.85. The molecule has 1 unspecified atom stereocenters. The molecule has 4 heteroatoms. The number of aromatic nitrogens is 2. The number of hydrogen-bond donors (Lipinski definition) is 0. The molecular formula is C11H10N2OS. The average molecular weight is 218 g/mol. The van der Waals surface area contributed by atoms with Crippen LogP contribution < -0.4 is 0 Å². The Morgan fingerprint density at radius 3 is 3.00 bits per heavy atom. The van der Waals surface area contributed by atoms with Gasteiger partial charge in [-0.25, -0.2) is 4.98 Å². The van der Waals surface area contributed by atoms with Gasteiger partial charge in [-0.3, -0.25) is 4.98 Å². The minimum absolute atomic E-state index is 0.144. The van der Waals surface area contributed by atoms with Crippen LogP contribution in [-0.2, 0) is 11.2 Å². The van der Waals surface area contributed by atoms with Crippen molar-refractivity contribution >= 4 is 17.6 Å². The molecule has 2 heterocycles. The largest absolute Gasteiger partial charge is 0.303 e. The van der Waals surface area contributed by atoms with Crippen LogP contribution in [0.2, 0.25) is 0 Å². The summed E-state index contributed by atoms with van der Waals surface area (Å²) in [5.41, 5.74) is 1.06. The van der Waals surface area contributed by atoms with Crippen molar-refractivity contribution in [2.24, 2.45) is 0 Å². The van der Waals surface area contributed by atoms with Crippen LogP contribution in [0.15, 0.2) is 36.1 Å². The standard InChI is InChI=1S/C11H10N2OS/c14-8-10(11-13-4-5-15-11)6-9-2-1-3-12-7-9/h1-5,7-8,10H,6H2. The Hall–Kier alpha value is -1.55. The zero-order chi connectivity index (χ0) is 10.5. The normalized spacial score (nSPS) is 12.3. The second kappa shape index (κ2) is 4.79. The molecule has 2 rings (SSSR count). The highest BCUT2D eigenvalue weighted by atomic mass is 32.1. The third-order valence-corrected chi connectivity index (χ3v) is 3.02. The van der Waals surface area contributed by atoms with E-state index in [0.29, 0.717) is 6.42 Å². The molecule has 0 fully saturated rings. The molecule has 3 nitrogen and oxygen atoms in total. The van der Waals surface area contributed by atoms with Gasteiger partial charge in [0.15, 0.2) is 0 Å². The molecule has 0 saturated heterocycles. The Kier molecular flexibility index (Phi) is 3.19. The minimum Gasteiger partial charge on any atom is -0.303 e. The van der Waals surface area contributed by atoms with Crippen molar-refractivity contribution in [3.8, 4) is 0 Å². The Morgan fingerprint density at radius 2 is 2.40 bits per heavy atom. The Bertz CT molecular complexity index is 413. The molecule has 0 amide bonds. The smallest absolute Gasteiger partial charge is 0.130 e. The Balaban J connectivity index is 2.13. The topological polar surface area (TPSA) is 42.9 Å². The fourth-order valence-electron chi connectivity index (χ4n) is 1.38. The predicted molar refractivity (Wildman–Crippen MR) is 58.9 cm³/mol. The molecule has 0 aromatic carbocycles. The first-order chi connectivity index (χ1) is 7.40. The maximum Gasteiger partial charge on any atom is 0.130 e. The number of aldehydes is 1. The predicted octanol–water partition coefficient (Wildman–Crippen LogP) is 2.06. The summed E-state index contributed by atoms with van der Waals surface area (Å²) in [4.78, 5) is 19.1. The van der Waals surface area contributed by atoms with Crippen LogP contribution in [-0.4, -0.2) is 16.3 Å². The summed E-state index contributed by atoms with van der Waals surface area (Å²) >= 11 is 1.51. The molecule has 1 atom stereocenters. The Morgan fingerprint density at radius 1 is 1.47 bits per heavy atom. The van der Waals surface area contributed by atoms with Gasteiger partial charge in [-0.1, -0.05) is 6.07 Å². The van der Waals surface area contributed by atoms with Crippen LogP contribution in [0.4, 0.5) is 0 Å². The lowest BCUT2D eigenvalue weighted by molar-refractivity contribution is -0.109. The molecule has 0 bridgehead atoms. The molecule has 0 N–H and O–H groups in total. The average Bonchev–Trinajstić information content (AvgIpc) is 2.81. The van der Waals surface area contributed by atoms with Crippen LogP contribution in [0.5, 0.6) is 0 Å². The molecule has 0 saturated carbocycles. The molecule has 0 radical (unpaired) electrons. The first-order valence-electron chi connectivity index (χ1n) is 4.63. The van der Waals surface area contributed by atoms with Crippen molar-refractivity contribution in [2.75, 3.05) is 0 Å². The third-order valence-electron chi connectivity index (χ3n) is 2.11. The highest BCUT2D eigenvalue weighted by molar-refractivity contribution is 7.09. The fourth-order valence-corrected chi connectivity index (χ4v) is 2.08. The van der Waals surface area contributed by atoms with Crippen LogP contribution in [0.1, 0.15) is 16.5 Å². The number of hydrogen-bond acceptors (Lipinski definition) is 4. The van der Waals surface area contributed by atoms with E-state index >= 15 is 0 Å². The second-order valence-electron chi connectivity index (χ2n) is 3.18. The Labute approximate surface area is 91.8 Å². The number of carbonyl (C=O) groups is 1. The van der Waals surface area contributed by atoms with E-state index in [9.17, 15) is 4.79 Å². The SMILES string of the molecule is O=CC(Cc1cccnc1)c1nccs1. The first-order valence-corrected chi connectivity index (χ1v) is 5.51. The van der Waals surface area contributed by atoms with Gasteiger partial charge in [-0.15, -0.1) is 11.3 Å². The lowest BCUT2D eigenvalue weighted by Crippen LogP contribution is -2.04. The number of carbonyl (C=O) groups excluding carboxylic acids is 1.